The van der Waals surface area contributed by atoms with Gasteiger partial charge in [0.15, 0.2) is 0 Å². The van der Waals surface area contributed by atoms with E-state index in [1.54, 1.807) is 31.1 Å². The molecule has 1 aliphatic heterocycles. The van der Waals surface area contributed by atoms with Crippen molar-refractivity contribution in [3.8, 4) is 0 Å². The summed E-state index contributed by atoms with van der Waals surface area (Å²) in [6.45, 7) is 3.90. The van der Waals surface area contributed by atoms with Crippen molar-refractivity contribution in [3.05, 3.63) is 51.2 Å². The number of aliphatic hydroxyl groups is 1. The van der Waals surface area contributed by atoms with Gasteiger partial charge < -0.3 is 14.7 Å². The van der Waals surface area contributed by atoms with Gasteiger partial charge in [-0.3, -0.25) is 4.79 Å². The molecule has 7 heteroatoms. The summed E-state index contributed by atoms with van der Waals surface area (Å²) in [6, 6.07) is 5.84. The molecule has 0 saturated carbocycles. The van der Waals surface area contributed by atoms with Crippen LogP contribution in [0.15, 0.2) is 24.3 Å². The van der Waals surface area contributed by atoms with Gasteiger partial charge in [0.1, 0.15) is 21.8 Å². The zero-order valence-electron chi connectivity index (χ0n) is 14.4. The van der Waals surface area contributed by atoms with Gasteiger partial charge in [0.25, 0.3) is 5.91 Å². The van der Waals surface area contributed by atoms with Crippen molar-refractivity contribution in [2.24, 2.45) is 0 Å². The first-order valence-electron chi connectivity index (χ1n) is 8.15. The third-order valence-electron chi connectivity index (χ3n) is 4.48. The van der Waals surface area contributed by atoms with E-state index in [4.69, 9.17) is 4.74 Å². The summed E-state index contributed by atoms with van der Waals surface area (Å²) in [5.41, 5.74) is 1.34. The average Bonchev–Trinajstić information content (AvgIpc) is 3.16. The molecule has 1 aromatic heterocycles. The number of aromatic nitrogens is 1. The summed E-state index contributed by atoms with van der Waals surface area (Å²) in [5.74, 6) is -0.535. The summed E-state index contributed by atoms with van der Waals surface area (Å²) in [6.07, 6.45) is -0.412. The Balaban J connectivity index is 1.91. The highest BCUT2D eigenvalue weighted by Crippen LogP contribution is 2.35. The van der Waals surface area contributed by atoms with Crippen LogP contribution in [0.1, 0.15) is 51.4 Å². The van der Waals surface area contributed by atoms with E-state index in [0.717, 1.165) is 5.01 Å². The Kier molecular flexibility index (Phi) is 5.17. The molecule has 5 nitrogen and oxygen atoms in total. The molecule has 0 radical (unpaired) electrons. The molecule has 3 rings (SSSR count). The van der Waals surface area contributed by atoms with Crippen LogP contribution in [-0.2, 0) is 4.74 Å². The first-order chi connectivity index (χ1) is 11.9. The molecule has 2 heterocycles. The predicted molar refractivity (Wildman–Crippen MR) is 93.1 cm³/mol. The Hall–Kier alpha value is -1.83. The maximum Gasteiger partial charge on any atom is 0.266 e. The van der Waals surface area contributed by atoms with Crippen LogP contribution in [0, 0.1) is 12.7 Å². The highest BCUT2D eigenvalue weighted by Gasteiger charge is 2.37. The number of aliphatic hydroxyl groups excluding tert-OH is 1. The number of carbonyl (C=O) groups is 1. The average molecular weight is 364 g/mol. The summed E-state index contributed by atoms with van der Waals surface area (Å²) in [5, 5.41) is 10.8. The lowest BCUT2D eigenvalue weighted by atomic mass is 10.0. The number of methoxy groups -OCH3 is 1. The second-order valence-corrected chi connectivity index (χ2v) is 7.29. The van der Waals surface area contributed by atoms with Gasteiger partial charge in [-0.2, -0.15) is 0 Å². The second kappa shape index (κ2) is 7.19. The van der Waals surface area contributed by atoms with Crippen molar-refractivity contribution in [2.75, 3.05) is 13.7 Å². The van der Waals surface area contributed by atoms with Crippen LogP contribution < -0.4 is 0 Å². The molecule has 1 saturated heterocycles. The zero-order valence-corrected chi connectivity index (χ0v) is 15.2. The van der Waals surface area contributed by atoms with E-state index in [0.29, 0.717) is 22.6 Å². The van der Waals surface area contributed by atoms with Crippen molar-refractivity contribution < 1.29 is 19.0 Å². The van der Waals surface area contributed by atoms with Gasteiger partial charge in [0.2, 0.25) is 0 Å². The van der Waals surface area contributed by atoms with Crippen LogP contribution in [0.5, 0.6) is 0 Å². The number of likely N-dealkylation sites (tertiary alicyclic amines) is 1. The number of hydrogen-bond donors (Lipinski definition) is 1. The molecule has 0 unspecified atom stereocenters. The predicted octanol–water partition coefficient (Wildman–Crippen LogP) is 3.25. The number of aryl methyl sites for hydroxylation is 1. The molecule has 1 aromatic carbocycles. The van der Waals surface area contributed by atoms with E-state index < -0.39 is 6.10 Å². The molecule has 0 spiro atoms. The number of carbonyl (C=O) groups excluding carboxylic acids is 1. The molecule has 1 N–H and O–H groups in total. The Morgan fingerprint density at radius 1 is 1.52 bits per heavy atom. The zero-order chi connectivity index (χ0) is 18.1. The second-order valence-electron chi connectivity index (χ2n) is 6.26. The number of nitrogens with zero attached hydrogens (tertiary/aromatic N) is 2. The normalized spacial score (nSPS) is 21.6. The van der Waals surface area contributed by atoms with Crippen LogP contribution in [0.4, 0.5) is 4.39 Å². The van der Waals surface area contributed by atoms with E-state index in [2.05, 4.69) is 4.98 Å². The monoisotopic (exact) mass is 364 g/mol. The van der Waals surface area contributed by atoms with Crippen LogP contribution in [0.25, 0.3) is 0 Å². The quantitative estimate of drug-likeness (QED) is 0.905. The molecule has 0 bridgehead atoms. The third kappa shape index (κ3) is 3.58. The smallest absolute Gasteiger partial charge is 0.266 e. The maximum absolute atomic E-state index is 13.6. The number of benzene rings is 1. The first kappa shape index (κ1) is 18.0. The molecule has 134 valence electrons. The fraction of sp³-hybridized carbons (Fsp3) is 0.444. The molecular weight excluding hydrogens is 343 g/mol. The van der Waals surface area contributed by atoms with E-state index in [1.165, 1.54) is 23.5 Å². The Morgan fingerprint density at radius 3 is 2.96 bits per heavy atom. The Morgan fingerprint density at radius 2 is 2.28 bits per heavy atom. The highest BCUT2D eigenvalue weighted by atomic mass is 32.1. The molecule has 0 aliphatic carbocycles. The summed E-state index contributed by atoms with van der Waals surface area (Å²) < 4.78 is 18.8. The summed E-state index contributed by atoms with van der Waals surface area (Å²) in [4.78, 5) is 19.6. The van der Waals surface area contributed by atoms with Gasteiger partial charge >= 0.3 is 0 Å². The minimum Gasteiger partial charge on any atom is -0.391 e. The van der Waals surface area contributed by atoms with Gasteiger partial charge in [0, 0.05) is 13.7 Å². The lowest BCUT2D eigenvalue weighted by molar-refractivity contribution is 0.0719. The largest absolute Gasteiger partial charge is 0.391 e. The van der Waals surface area contributed by atoms with Crippen molar-refractivity contribution >= 4 is 17.2 Å². The molecule has 1 amide bonds. The van der Waals surface area contributed by atoms with Gasteiger partial charge in [0.05, 0.1) is 17.8 Å². The van der Waals surface area contributed by atoms with E-state index in [9.17, 15) is 14.3 Å². The van der Waals surface area contributed by atoms with Gasteiger partial charge in [-0.25, -0.2) is 9.37 Å². The molecule has 1 fully saturated rings. The highest BCUT2D eigenvalue weighted by molar-refractivity contribution is 7.13. The summed E-state index contributed by atoms with van der Waals surface area (Å²) >= 11 is 1.31. The SMILES string of the molecule is CO[C@H](C)c1nc(C)c(C(=O)N2C[C@H](O)C[C@H]2c2cccc(F)c2)s1. The lowest BCUT2D eigenvalue weighted by Crippen LogP contribution is -2.31. The molecule has 1 aliphatic rings. The number of thiazole rings is 1. The van der Waals surface area contributed by atoms with Crippen LogP contribution in [0.2, 0.25) is 0 Å². The Bertz CT molecular complexity index is 779. The minimum atomic E-state index is -0.622. The summed E-state index contributed by atoms with van der Waals surface area (Å²) in [7, 11) is 1.60. The number of amides is 1. The van der Waals surface area contributed by atoms with Gasteiger partial charge in [-0.1, -0.05) is 12.1 Å². The van der Waals surface area contributed by atoms with Crippen molar-refractivity contribution in [3.63, 3.8) is 0 Å². The van der Waals surface area contributed by atoms with Crippen molar-refractivity contribution in [2.45, 2.75) is 38.5 Å². The number of halogens is 1. The van der Waals surface area contributed by atoms with E-state index in [-0.39, 0.29) is 30.4 Å². The van der Waals surface area contributed by atoms with E-state index >= 15 is 0 Å². The fourth-order valence-corrected chi connectivity index (χ4v) is 4.14. The van der Waals surface area contributed by atoms with Crippen LogP contribution in [-0.4, -0.2) is 40.7 Å². The van der Waals surface area contributed by atoms with Gasteiger partial charge in [-0.15, -0.1) is 11.3 Å². The molecule has 3 atom stereocenters. The van der Waals surface area contributed by atoms with E-state index in [1.807, 2.05) is 6.92 Å². The third-order valence-corrected chi connectivity index (χ3v) is 5.79. The number of β-amino-alcohol motifs (C(OH)–C–C–N with tert-alkyl or cyclic N) is 1. The number of rotatable bonds is 4. The van der Waals surface area contributed by atoms with Crippen molar-refractivity contribution in [1.82, 2.24) is 9.88 Å². The Labute approximate surface area is 150 Å². The molecule has 25 heavy (non-hydrogen) atoms. The molecule has 2 aromatic rings. The number of ether oxygens (including phenoxy) is 1. The van der Waals surface area contributed by atoms with Crippen LogP contribution >= 0.6 is 11.3 Å². The molecular formula is C18H21FN2O3S. The first-order valence-corrected chi connectivity index (χ1v) is 8.97. The number of hydrogen-bond acceptors (Lipinski definition) is 5. The fourth-order valence-electron chi connectivity index (χ4n) is 3.09. The minimum absolute atomic E-state index is 0.185. The van der Waals surface area contributed by atoms with Gasteiger partial charge in [-0.05, 0) is 38.0 Å². The maximum atomic E-state index is 13.6. The topological polar surface area (TPSA) is 62.7 Å². The standard InChI is InChI=1S/C18H21FN2O3S/c1-10-16(25-17(20-10)11(2)24-3)18(23)21-9-14(22)8-15(21)12-5-4-6-13(19)7-12/h4-7,11,14-15,22H,8-9H2,1-3H3/t11-,14-,15+/m1/s1. The van der Waals surface area contributed by atoms with Crippen molar-refractivity contribution in [1.29, 1.82) is 0 Å². The van der Waals surface area contributed by atoms with Crippen LogP contribution in [0.3, 0.4) is 0 Å². The lowest BCUT2D eigenvalue weighted by Gasteiger charge is -2.24.